The van der Waals surface area contributed by atoms with Gasteiger partial charge in [-0.15, -0.1) is 0 Å². The first-order valence-corrected chi connectivity index (χ1v) is 11.5. The summed E-state index contributed by atoms with van der Waals surface area (Å²) >= 11 is 0. The smallest absolute Gasteiger partial charge is 0.410 e. The molecule has 0 spiro atoms. The Hall–Kier alpha value is -1.81. The Morgan fingerprint density at radius 1 is 0.733 bits per heavy atom. The van der Waals surface area contributed by atoms with E-state index in [1.807, 2.05) is 6.08 Å². The van der Waals surface area contributed by atoms with E-state index in [1.165, 1.54) is 22.3 Å². The Kier molecular flexibility index (Phi) is 13.2. The van der Waals surface area contributed by atoms with Crippen molar-refractivity contribution >= 4 is 6.09 Å². The molecule has 0 saturated carbocycles. The number of allylic oxidation sites excluding steroid dienone is 7. The van der Waals surface area contributed by atoms with Crippen molar-refractivity contribution in [2.45, 2.75) is 73.1 Å². The predicted molar refractivity (Wildman–Crippen MR) is 129 cm³/mol. The number of carbonyl (C=O) groups is 1. The van der Waals surface area contributed by atoms with Crippen LogP contribution in [0.2, 0.25) is 0 Å². The van der Waals surface area contributed by atoms with Crippen molar-refractivity contribution in [3.63, 3.8) is 0 Å². The molecular weight excluding hydrogens is 372 g/mol. The van der Waals surface area contributed by atoms with Crippen LogP contribution < -0.4 is 0 Å². The Balaban J connectivity index is 2.20. The zero-order valence-electron chi connectivity index (χ0n) is 20.3. The van der Waals surface area contributed by atoms with Crippen molar-refractivity contribution in [3.05, 3.63) is 46.6 Å². The molecule has 4 nitrogen and oxygen atoms in total. The fraction of sp³-hybridized carbons (Fsp3) is 0.654. The molecule has 1 saturated heterocycles. The summed E-state index contributed by atoms with van der Waals surface area (Å²) in [6, 6.07) is 0. The monoisotopic (exact) mass is 416 g/mol. The zero-order valence-corrected chi connectivity index (χ0v) is 20.3. The van der Waals surface area contributed by atoms with Crippen LogP contribution in [0.15, 0.2) is 46.6 Å². The zero-order chi connectivity index (χ0) is 22.4. The standard InChI is InChI=1S/C26H44N2O2/c1-22(2)10-7-11-23(3)12-8-13-24(4)14-9-15-25(5)16-21-30-26(29)28-19-17-27(6)18-20-28/h10,12,14,16H,7-9,11,13,15,17-21H2,1-6H3/b23-12+,24-14+,25-16+. The quantitative estimate of drug-likeness (QED) is 0.360. The van der Waals surface area contributed by atoms with E-state index in [1.54, 1.807) is 4.90 Å². The van der Waals surface area contributed by atoms with Crippen LogP contribution in [0.5, 0.6) is 0 Å². The van der Waals surface area contributed by atoms with E-state index in [0.717, 1.165) is 64.7 Å². The highest BCUT2D eigenvalue weighted by Gasteiger charge is 2.19. The van der Waals surface area contributed by atoms with E-state index >= 15 is 0 Å². The average molecular weight is 417 g/mol. The molecule has 0 aromatic carbocycles. The number of piperazine rings is 1. The molecule has 30 heavy (non-hydrogen) atoms. The lowest BCUT2D eigenvalue weighted by Crippen LogP contribution is -2.47. The van der Waals surface area contributed by atoms with E-state index < -0.39 is 0 Å². The van der Waals surface area contributed by atoms with Crippen LogP contribution in [0.25, 0.3) is 0 Å². The average Bonchev–Trinajstić information content (AvgIpc) is 2.68. The maximum Gasteiger partial charge on any atom is 0.410 e. The van der Waals surface area contributed by atoms with Crippen molar-refractivity contribution in [3.8, 4) is 0 Å². The Bertz CT molecular complexity index is 631. The normalized spacial score (nSPS) is 16.6. The van der Waals surface area contributed by atoms with Gasteiger partial charge in [0.15, 0.2) is 0 Å². The molecule has 0 bridgehead atoms. The molecule has 1 heterocycles. The SMILES string of the molecule is CC(C)=CCC/C(C)=C/CC/C(C)=C/CC/C(C)=C/COC(=O)N1CCN(C)CC1. The third-order valence-electron chi connectivity index (χ3n) is 5.55. The molecular formula is C26H44N2O2. The van der Waals surface area contributed by atoms with Crippen LogP contribution in [-0.2, 0) is 4.74 Å². The van der Waals surface area contributed by atoms with Gasteiger partial charge in [0.1, 0.15) is 6.61 Å². The van der Waals surface area contributed by atoms with Gasteiger partial charge >= 0.3 is 6.09 Å². The maximum absolute atomic E-state index is 12.1. The number of likely N-dealkylation sites (N-methyl/N-ethyl adjacent to an activating group) is 1. The number of nitrogens with zero attached hydrogens (tertiary/aromatic N) is 2. The Morgan fingerprint density at radius 2 is 1.20 bits per heavy atom. The van der Waals surface area contributed by atoms with Crippen molar-refractivity contribution in [2.75, 3.05) is 39.8 Å². The maximum atomic E-state index is 12.1. The lowest BCUT2D eigenvalue weighted by atomic mass is 10.0. The van der Waals surface area contributed by atoms with Gasteiger partial charge in [0, 0.05) is 26.2 Å². The summed E-state index contributed by atoms with van der Waals surface area (Å²) in [4.78, 5) is 16.1. The molecule has 1 amide bonds. The van der Waals surface area contributed by atoms with Crippen LogP contribution in [0.3, 0.4) is 0 Å². The second-order valence-corrected chi connectivity index (χ2v) is 8.92. The van der Waals surface area contributed by atoms with Gasteiger partial charge in [-0.2, -0.15) is 0 Å². The minimum atomic E-state index is -0.188. The third kappa shape index (κ3) is 12.7. The summed E-state index contributed by atoms with van der Waals surface area (Å²) in [6.07, 6.45) is 15.5. The Morgan fingerprint density at radius 3 is 1.70 bits per heavy atom. The molecule has 0 radical (unpaired) electrons. The van der Waals surface area contributed by atoms with Crippen LogP contribution in [-0.4, -0.2) is 55.7 Å². The van der Waals surface area contributed by atoms with Gasteiger partial charge in [0.2, 0.25) is 0 Å². The van der Waals surface area contributed by atoms with Gasteiger partial charge in [-0.3, -0.25) is 0 Å². The van der Waals surface area contributed by atoms with Crippen molar-refractivity contribution in [1.29, 1.82) is 0 Å². The number of hydrogen-bond donors (Lipinski definition) is 0. The lowest BCUT2D eigenvalue weighted by molar-refractivity contribution is 0.0894. The van der Waals surface area contributed by atoms with Gasteiger partial charge < -0.3 is 14.5 Å². The molecule has 0 unspecified atom stereocenters. The van der Waals surface area contributed by atoms with Gasteiger partial charge in [0.25, 0.3) is 0 Å². The van der Waals surface area contributed by atoms with Crippen LogP contribution in [0, 0.1) is 0 Å². The minimum Gasteiger partial charge on any atom is -0.445 e. The number of carbonyl (C=O) groups excluding carboxylic acids is 1. The van der Waals surface area contributed by atoms with Gasteiger partial charge in [-0.05, 0) is 86.3 Å². The first-order chi connectivity index (χ1) is 14.3. The van der Waals surface area contributed by atoms with E-state index in [4.69, 9.17) is 4.74 Å². The second-order valence-electron chi connectivity index (χ2n) is 8.92. The van der Waals surface area contributed by atoms with Crippen molar-refractivity contribution in [2.24, 2.45) is 0 Å². The first-order valence-electron chi connectivity index (χ1n) is 11.5. The molecule has 1 aliphatic heterocycles. The van der Waals surface area contributed by atoms with Crippen LogP contribution in [0.4, 0.5) is 4.79 Å². The Labute approximate surface area is 185 Å². The largest absolute Gasteiger partial charge is 0.445 e. The van der Waals surface area contributed by atoms with Gasteiger partial charge in [0.05, 0.1) is 0 Å². The number of hydrogen-bond acceptors (Lipinski definition) is 3. The third-order valence-corrected chi connectivity index (χ3v) is 5.55. The van der Waals surface area contributed by atoms with Gasteiger partial charge in [-0.1, -0.05) is 40.5 Å². The summed E-state index contributed by atoms with van der Waals surface area (Å²) in [5, 5.41) is 0. The topological polar surface area (TPSA) is 32.8 Å². The highest BCUT2D eigenvalue weighted by atomic mass is 16.6. The van der Waals surface area contributed by atoms with Crippen LogP contribution in [0.1, 0.15) is 73.1 Å². The molecule has 0 aromatic heterocycles. The molecule has 0 aliphatic carbocycles. The number of ether oxygens (including phenoxy) is 1. The highest BCUT2D eigenvalue weighted by molar-refractivity contribution is 5.67. The van der Waals surface area contributed by atoms with E-state index in [2.05, 4.69) is 64.8 Å². The van der Waals surface area contributed by atoms with Crippen LogP contribution >= 0.6 is 0 Å². The molecule has 0 atom stereocenters. The fourth-order valence-corrected chi connectivity index (χ4v) is 3.32. The van der Waals surface area contributed by atoms with Gasteiger partial charge in [-0.25, -0.2) is 4.79 Å². The van der Waals surface area contributed by atoms with E-state index in [-0.39, 0.29) is 6.09 Å². The molecule has 1 fully saturated rings. The number of amides is 1. The molecule has 1 aliphatic rings. The van der Waals surface area contributed by atoms with E-state index in [0.29, 0.717) is 6.61 Å². The molecule has 1 rings (SSSR count). The minimum absolute atomic E-state index is 0.188. The predicted octanol–water partition coefficient (Wildman–Crippen LogP) is 6.52. The fourth-order valence-electron chi connectivity index (χ4n) is 3.32. The summed E-state index contributed by atoms with van der Waals surface area (Å²) in [7, 11) is 2.08. The second kappa shape index (κ2) is 15.1. The lowest BCUT2D eigenvalue weighted by Gasteiger charge is -2.31. The molecule has 4 heteroatoms. The first kappa shape index (κ1) is 26.2. The summed E-state index contributed by atoms with van der Waals surface area (Å²) in [5.74, 6) is 0. The van der Waals surface area contributed by atoms with Crippen molar-refractivity contribution in [1.82, 2.24) is 9.80 Å². The van der Waals surface area contributed by atoms with E-state index in [9.17, 15) is 4.79 Å². The number of rotatable bonds is 11. The summed E-state index contributed by atoms with van der Waals surface area (Å²) < 4.78 is 5.40. The molecule has 170 valence electrons. The van der Waals surface area contributed by atoms with Crippen molar-refractivity contribution < 1.29 is 9.53 Å². The summed E-state index contributed by atoms with van der Waals surface area (Å²) in [5.41, 5.74) is 5.63. The highest BCUT2D eigenvalue weighted by Crippen LogP contribution is 2.13. The molecule has 0 aromatic rings. The molecule has 0 N–H and O–H groups in total. The summed E-state index contributed by atoms with van der Waals surface area (Å²) in [6.45, 7) is 14.6.